The van der Waals surface area contributed by atoms with Crippen molar-refractivity contribution in [2.75, 3.05) is 17.2 Å². The highest BCUT2D eigenvalue weighted by atomic mass is 16.5. The number of nitrogens with zero attached hydrogens (tertiary/aromatic N) is 2. The summed E-state index contributed by atoms with van der Waals surface area (Å²) in [5.74, 6) is 0.504. The van der Waals surface area contributed by atoms with Crippen molar-refractivity contribution >= 4 is 23.5 Å². The number of primary amides is 1. The van der Waals surface area contributed by atoms with Gasteiger partial charge in [-0.2, -0.15) is 0 Å². The molecule has 2 amide bonds. The fraction of sp³-hybridized carbons (Fsp3) is 0.235. The Kier molecular flexibility index (Phi) is 4.33. The lowest BCUT2D eigenvalue weighted by atomic mass is 10.1. The van der Waals surface area contributed by atoms with Gasteiger partial charge in [-0.25, -0.2) is 4.98 Å². The largest absolute Gasteiger partial charge is 0.472 e. The smallest absolute Gasteiger partial charge is 0.274 e. The molecule has 0 spiro atoms. The van der Waals surface area contributed by atoms with Crippen LogP contribution in [0.15, 0.2) is 42.5 Å². The second-order valence-corrected chi connectivity index (χ2v) is 5.53. The molecule has 4 N–H and O–H groups in total. The van der Waals surface area contributed by atoms with Crippen LogP contribution in [-0.2, 0) is 9.59 Å². The highest BCUT2D eigenvalue weighted by molar-refractivity contribution is 5.99. The Morgan fingerprint density at radius 3 is 2.67 bits per heavy atom. The van der Waals surface area contributed by atoms with Crippen molar-refractivity contribution < 1.29 is 14.3 Å². The van der Waals surface area contributed by atoms with Gasteiger partial charge in [-0.15, -0.1) is 0 Å². The molecule has 1 atom stereocenters. The number of aromatic nitrogens is 1. The maximum absolute atomic E-state index is 12.9. The first kappa shape index (κ1) is 15.8. The van der Waals surface area contributed by atoms with Crippen LogP contribution in [0.2, 0.25) is 0 Å². The number of nitrogen functional groups attached to an aromatic ring is 1. The lowest BCUT2D eigenvalue weighted by molar-refractivity contribution is -0.127. The fourth-order valence-corrected chi connectivity index (χ4v) is 2.62. The van der Waals surface area contributed by atoms with Gasteiger partial charge in [0.15, 0.2) is 11.6 Å². The van der Waals surface area contributed by atoms with Crippen molar-refractivity contribution in [2.45, 2.75) is 18.9 Å². The van der Waals surface area contributed by atoms with Crippen LogP contribution >= 0.6 is 0 Å². The summed E-state index contributed by atoms with van der Waals surface area (Å²) in [5.41, 5.74) is 11.7. The average molecular weight is 326 g/mol. The molecule has 0 fully saturated rings. The number of anilines is 2. The molecule has 1 aliphatic rings. The Balaban J connectivity index is 1.93. The van der Waals surface area contributed by atoms with Gasteiger partial charge < -0.3 is 16.2 Å². The van der Waals surface area contributed by atoms with E-state index in [1.54, 1.807) is 12.1 Å². The first-order valence-electron chi connectivity index (χ1n) is 7.64. The van der Waals surface area contributed by atoms with Gasteiger partial charge in [0.1, 0.15) is 5.82 Å². The molecule has 1 aromatic carbocycles. The van der Waals surface area contributed by atoms with Gasteiger partial charge in [0.2, 0.25) is 12.0 Å². The van der Waals surface area contributed by atoms with Crippen LogP contribution in [0.5, 0.6) is 5.75 Å². The van der Waals surface area contributed by atoms with Crippen LogP contribution in [0.3, 0.4) is 0 Å². The third-order valence-electron chi connectivity index (χ3n) is 3.76. The molecule has 0 aliphatic carbocycles. The standard InChI is InChI=1S/C17H18N4O3/c18-13-9-8-12-16(20-13)21(10-4-7-14(19)22)17(23)15(24-12)11-5-2-1-3-6-11/h1-3,5-6,8-9,15H,4,7,10H2,(H2,18,20)(H2,19,22). The van der Waals surface area contributed by atoms with Crippen molar-refractivity contribution in [3.63, 3.8) is 0 Å². The second-order valence-electron chi connectivity index (χ2n) is 5.53. The summed E-state index contributed by atoms with van der Waals surface area (Å²) in [7, 11) is 0. The predicted octanol–water partition coefficient (Wildman–Crippen LogP) is 1.40. The Morgan fingerprint density at radius 2 is 1.96 bits per heavy atom. The molecule has 0 saturated carbocycles. The van der Waals surface area contributed by atoms with Crippen LogP contribution < -0.4 is 21.1 Å². The molecule has 1 aliphatic heterocycles. The number of benzene rings is 1. The number of hydrogen-bond acceptors (Lipinski definition) is 5. The van der Waals surface area contributed by atoms with E-state index >= 15 is 0 Å². The van der Waals surface area contributed by atoms with E-state index in [0.29, 0.717) is 30.4 Å². The van der Waals surface area contributed by atoms with E-state index in [1.807, 2.05) is 30.3 Å². The van der Waals surface area contributed by atoms with E-state index in [2.05, 4.69) is 4.98 Å². The molecular formula is C17H18N4O3. The van der Waals surface area contributed by atoms with E-state index < -0.39 is 12.0 Å². The maximum Gasteiger partial charge on any atom is 0.274 e. The maximum atomic E-state index is 12.9. The highest BCUT2D eigenvalue weighted by Crippen LogP contribution is 2.38. The van der Waals surface area contributed by atoms with E-state index in [-0.39, 0.29) is 12.3 Å². The number of amides is 2. The highest BCUT2D eigenvalue weighted by Gasteiger charge is 2.36. The summed E-state index contributed by atoms with van der Waals surface area (Å²) >= 11 is 0. The molecule has 2 aromatic rings. The van der Waals surface area contributed by atoms with Crippen molar-refractivity contribution in [2.24, 2.45) is 5.73 Å². The third-order valence-corrected chi connectivity index (χ3v) is 3.76. The SMILES string of the molecule is NC(=O)CCCN1C(=O)C(c2ccccc2)Oc2ccc(N)nc21. The number of nitrogens with two attached hydrogens (primary N) is 2. The fourth-order valence-electron chi connectivity index (χ4n) is 2.62. The number of pyridine rings is 1. The molecule has 2 heterocycles. The summed E-state index contributed by atoms with van der Waals surface area (Å²) in [4.78, 5) is 29.6. The minimum absolute atomic E-state index is 0.193. The van der Waals surface area contributed by atoms with Gasteiger partial charge in [0.25, 0.3) is 5.91 Å². The lowest BCUT2D eigenvalue weighted by Crippen LogP contribution is -2.42. The van der Waals surface area contributed by atoms with Crippen molar-refractivity contribution in [3.05, 3.63) is 48.0 Å². The second kappa shape index (κ2) is 6.57. The predicted molar refractivity (Wildman–Crippen MR) is 89.2 cm³/mol. The normalized spacial score (nSPS) is 16.4. The van der Waals surface area contributed by atoms with Crippen LogP contribution in [0.25, 0.3) is 0 Å². The molecule has 24 heavy (non-hydrogen) atoms. The Hall–Kier alpha value is -3.09. The number of carbonyl (C=O) groups excluding carboxylic acids is 2. The van der Waals surface area contributed by atoms with E-state index in [0.717, 1.165) is 5.56 Å². The summed E-state index contributed by atoms with van der Waals surface area (Å²) in [6, 6.07) is 12.6. The summed E-state index contributed by atoms with van der Waals surface area (Å²) in [5, 5.41) is 0. The van der Waals surface area contributed by atoms with Crippen molar-refractivity contribution in [3.8, 4) is 5.75 Å². The number of carbonyl (C=O) groups is 2. The molecule has 7 nitrogen and oxygen atoms in total. The van der Waals surface area contributed by atoms with Crippen molar-refractivity contribution in [1.82, 2.24) is 4.98 Å². The monoisotopic (exact) mass is 326 g/mol. The number of ether oxygens (including phenoxy) is 1. The zero-order valence-electron chi connectivity index (χ0n) is 13.0. The first-order chi connectivity index (χ1) is 11.6. The zero-order valence-corrected chi connectivity index (χ0v) is 13.0. The zero-order chi connectivity index (χ0) is 17.1. The lowest BCUT2D eigenvalue weighted by Gasteiger charge is -2.33. The number of hydrogen-bond donors (Lipinski definition) is 2. The van der Waals surface area contributed by atoms with Crippen LogP contribution in [0.1, 0.15) is 24.5 Å². The molecule has 1 unspecified atom stereocenters. The van der Waals surface area contributed by atoms with Crippen LogP contribution in [-0.4, -0.2) is 23.3 Å². The minimum atomic E-state index is -0.752. The van der Waals surface area contributed by atoms with E-state index in [9.17, 15) is 9.59 Å². The van der Waals surface area contributed by atoms with Gasteiger partial charge in [0.05, 0.1) is 0 Å². The first-order valence-corrected chi connectivity index (χ1v) is 7.64. The third kappa shape index (κ3) is 3.15. The topological polar surface area (TPSA) is 112 Å². The van der Waals surface area contributed by atoms with Crippen molar-refractivity contribution in [1.29, 1.82) is 0 Å². The van der Waals surface area contributed by atoms with E-state index in [1.165, 1.54) is 4.90 Å². The average Bonchev–Trinajstić information content (AvgIpc) is 2.57. The molecule has 7 heteroatoms. The Bertz CT molecular complexity index is 764. The molecule has 124 valence electrons. The molecule has 0 saturated heterocycles. The van der Waals surface area contributed by atoms with Crippen LogP contribution in [0, 0.1) is 0 Å². The summed E-state index contributed by atoms with van der Waals surface area (Å²) in [6.45, 7) is 0.317. The van der Waals surface area contributed by atoms with Gasteiger partial charge in [-0.05, 0) is 18.6 Å². The molecule has 1 aromatic heterocycles. The van der Waals surface area contributed by atoms with Crippen LogP contribution in [0.4, 0.5) is 11.6 Å². The Morgan fingerprint density at radius 1 is 1.21 bits per heavy atom. The molecule has 0 bridgehead atoms. The Labute approximate surface area is 139 Å². The molecule has 3 rings (SSSR count). The minimum Gasteiger partial charge on any atom is -0.472 e. The molecular weight excluding hydrogens is 308 g/mol. The van der Waals surface area contributed by atoms with Gasteiger partial charge in [0, 0.05) is 18.5 Å². The van der Waals surface area contributed by atoms with Gasteiger partial charge in [-0.3, -0.25) is 14.5 Å². The summed E-state index contributed by atoms with van der Waals surface area (Å²) in [6.07, 6.45) is -0.116. The van der Waals surface area contributed by atoms with Gasteiger partial charge in [-0.1, -0.05) is 30.3 Å². The summed E-state index contributed by atoms with van der Waals surface area (Å²) < 4.78 is 5.84. The quantitative estimate of drug-likeness (QED) is 0.862. The number of rotatable bonds is 5. The van der Waals surface area contributed by atoms with E-state index in [4.69, 9.17) is 16.2 Å². The number of fused-ring (bicyclic) bond motifs is 1. The molecule has 0 radical (unpaired) electrons. The van der Waals surface area contributed by atoms with Gasteiger partial charge >= 0.3 is 0 Å².